The van der Waals surface area contributed by atoms with Gasteiger partial charge in [-0.05, 0) is 30.7 Å². The zero-order chi connectivity index (χ0) is 18.2. The summed E-state index contributed by atoms with van der Waals surface area (Å²) in [5.41, 5.74) is 1.80. The van der Waals surface area contributed by atoms with Crippen LogP contribution in [0, 0.1) is 6.92 Å². The lowest BCUT2D eigenvalue weighted by molar-refractivity contribution is -0.130. The molecule has 0 aliphatic heterocycles. The summed E-state index contributed by atoms with van der Waals surface area (Å²) in [6, 6.07) is 15.0. The summed E-state index contributed by atoms with van der Waals surface area (Å²) < 4.78 is 5.45. The quantitative estimate of drug-likeness (QED) is 0.772. The van der Waals surface area contributed by atoms with Gasteiger partial charge in [0.2, 0.25) is 5.91 Å². The monoisotopic (exact) mass is 358 g/mol. The van der Waals surface area contributed by atoms with Crippen LogP contribution in [0.5, 0.6) is 5.75 Å². The summed E-state index contributed by atoms with van der Waals surface area (Å²) >= 11 is 1.50. The van der Waals surface area contributed by atoms with Crippen molar-refractivity contribution in [1.82, 2.24) is 4.90 Å². The van der Waals surface area contributed by atoms with E-state index in [0.717, 1.165) is 10.5 Å². The smallest absolute Gasteiger partial charge is 0.259 e. The van der Waals surface area contributed by atoms with E-state index in [4.69, 9.17) is 4.74 Å². The predicted molar refractivity (Wildman–Crippen MR) is 101 cm³/mol. The van der Waals surface area contributed by atoms with Gasteiger partial charge in [0.05, 0.1) is 5.75 Å². The molecule has 0 bridgehead atoms. The maximum atomic E-state index is 12.1. The van der Waals surface area contributed by atoms with Gasteiger partial charge in [0.25, 0.3) is 5.91 Å². The second-order valence-corrected chi connectivity index (χ2v) is 6.72. The minimum atomic E-state index is -0.121. The van der Waals surface area contributed by atoms with Gasteiger partial charge in [0, 0.05) is 30.7 Å². The molecule has 0 aliphatic carbocycles. The lowest BCUT2D eigenvalue weighted by atomic mass is 10.2. The highest BCUT2D eigenvalue weighted by atomic mass is 32.2. The van der Waals surface area contributed by atoms with Crippen molar-refractivity contribution in [1.29, 1.82) is 0 Å². The lowest BCUT2D eigenvalue weighted by Gasteiger charge is -2.12. The van der Waals surface area contributed by atoms with Crippen LogP contribution in [-0.2, 0) is 9.59 Å². The van der Waals surface area contributed by atoms with E-state index < -0.39 is 0 Å². The Balaban J connectivity index is 1.87. The van der Waals surface area contributed by atoms with Crippen LogP contribution in [0.15, 0.2) is 53.4 Å². The Morgan fingerprint density at radius 1 is 1.12 bits per heavy atom. The van der Waals surface area contributed by atoms with Crippen molar-refractivity contribution in [2.24, 2.45) is 0 Å². The fourth-order valence-corrected chi connectivity index (χ4v) is 2.83. The molecule has 2 amide bonds. The van der Waals surface area contributed by atoms with E-state index in [2.05, 4.69) is 5.32 Å². The van der Waals surface area contributed by atoms with Crippen molar-refractivity contribution in [2.45, 2.75) is 11.8 Å². The highest BCUT2D eigenvalue weighted by Crippen LogP contribution is 2.22. The number of ether oxygens (including phenoxy) is 1. The Morgan fingerprint density at radius 3 is 2.60 bits per heavy atom. The van der Waals surface area contributed by atoms with Gasteiger partial charge in [-0.25, -0.2) is 0 Å². The molecule has 0 saturated carbocycles. The number of nitrogens with zero attached hydrogens (tertiary/aromatic N) is 1. The number of hydrogen-bond donors (Lipinski definition) is 1. The molecule has 1 N–H and O–H groups in total. The Labute approximate surface area is 152 Å². The van der Waals surface area contributed by atoms with Crippen LogP contribution < -0.4 is 10.1 Å². The van der Waals surface area contributed by atoms with Crippen molar-refractivity contribution < 1.29 is 14.3 Å². The lowest BCUT2D eigenvalue weighted by Crippen LogP contribution is -2.27. The average Bonchev–Trinajstić information content (AvgIpc) is 2.59. The first-order chi connectivity index (χ1) is 12.0. The molecule has 0 spiro atoms. The van der Waals surface area contributed by atoms with Crippen LogP contribution in [0.4, 0.5) is 5.69 Å². The average molecular weight is 358 g/mol. The Kier molecular flexibility index (Phi) is 6.89. The van der Waals surface area contributed by atoms with E-state index in [-0.39, 0.29) is 18.4 Å². The number of amides is 2. The summed E-state index contributed by atoms with van der Waals surface area (Å²) in [5.74, 6) is 0.660. The number of nitrogens with one attached hydrogen (secondary N) is 1. The van der Waals surface area contributed by atoms with Crippen LogP contribution in [0.3, 0.4) is 0 Å². The van der Waals surface area contributed by atoms with E-state index in [0.29, 0.717) is 17.2 Å². The maximum absolute atomic E-state index is 12.1. The second-order valence-electron chi connectivity index (χ2n) is 5.71. The summed E-state index contributed by atoms with van der Waals surface area (Å²) in [6.07, 6.45) is 0. The van der Waals surface area contributed by atoms with Gasteiger partial charge >= 0.3 is 0 Å². The molecule has 0 atom stereocenters. The molecule has 2 aromatic rings. The van der Waals surface area contributed by atoms with Gasteiger partial charge < -0.3 is 15.0 Å². The van der Waals surface area contributed by atoms with Gasteiger partial charge in [0.15, 0.2) is 6.61 Å². The van der Waals surface area contributed by atoms with E-state index in [1.165, 1.54) is 16.7 Å². The van der Waals surface area contributed by atoms with Crippen molar-refractivity contribution in [3.63, 3.8) is 0 Å². The van der Waals surface area contributed by atoms with Crippen LogP contribution >= 0.6 is 11.8 Å². The first-order valence-electron chi connectivity index (χ1n) is 7.87. The second kappa shape index (κ2) is 9.13. The molecule has 2 aromatic carbocycles. The SMILES string of the molecule is Cc1ccccc1SCC(=O)Nc1cccc(OCC(=O)N(C)C)c1. The van der Waals surface area contributed by atoms with Gasteiger partial charge in [-0.1, -0.05) is 24.3 Å². The molecule has 0 fully saturated rings. The van der Waals surface area contributed by atoms with E-state index in [1.54, 1.807) is 38.4 Å². The molecule has 5 nitrogen and oxygen atoms in total. The number of aryl methyl sites for hydroxylation is 1. The molecule has 2 rings (SSSR count). The molecule has 25 heavy (non-hydrogen) atoms. The van der Waals surface area contributed by atoms with Gasteiger partial charge in [-0.2, -0.15) is 0 Å². The standard InChI is InChI=1S/C19H22N2O3S/c1-14-7-4-5-10-17(14)25-13-18(22)20-15-8-6-9-16(11-15)24-12-19(23)21(2)3/h4-11H,12-13H2,1-3H3,(H,20,22). The fraction of sp³-hybridized carbons (Fsp3) is 0.263. The fourth-order valence-electron chi connectivity index (χ4n) is 2.00. The molecule has 0 radical (unpaired) electrons. The third-order valence-electron chi connectivity index (χ3n) is 3.43. The van der Waals surface area contributed by atoms with E-state index in [9.17, 15) is 9.59 Å². The maximum Gasteiger partial charge on any atom is 0.259 e. The van der Waals surface area contributed by atoms with Gasteiger partial charge in [-0.3, -0.25) is 9.59 Å². The van der Waals surface area contributed by atoms with E-state index >= 15 is 0 Å². The Bertz CT molecular complexity index is 747. The molecule has 132 valence electrons. The number of likely N-dealkylation sites (N-methyl/N-ethyl adjacent to an activating group) is 1. The van der Waals surface area contributed by atoms with Crippen molar-refractivity contribution in [3.05, 3.63) is 54.1 Å². The third-order valence-corrected chi connectivity index (χ3v) is 4.61. The van der Waals surface area contributed by atoms with Crippen LogP contribution in [0.2, 0.25) is 0 Å². The zero-order valence-electron chi connectivity index (χ0n) is 14.6. The first kappa shape index (κ1) is 18.9. The van der Waals surface area contributed by atoms with Crippen molar-refractivity contribution in [2.75, 3.05) is 31.8 Å². The molecule has 0 aliphatic rings. The zero-order valence-corrected chi connectivity index (χ0v) is 15.4. The number of rotatable bonds is 7. The summed E-state index contributed by atoms with van der Waals surface area (Å²) in [4.78, 5) is 26.2. The molecule has 0 heterocycles. The minimum absolute atomic E-state index is 0.0342. The number of carbonyl (C=O) groups is 2. The normalized spacial score (nSPS) is 10.2. The van der Waals surface area contributed by atoms with Crippen LogP contribution in [0.25, 0.3) is 0 Å². The summed E-state index contributed by atoms with van der Waals surface area (Å²) in [5, 5.41) is 2.85. The largest absolute Gasteiger partial charge is 0.484 e. The van der Waals surface area contributed by atoms with Gasteiger partial charge in [0.1, 0.15) is 5.75 Å². The molecule has 6 heteroatoms. The Hall–Kier alpha value is -2.47. The van der Waals surface area contributed by atoms with Crippen molar-refractivity contribution in [3.8, 4) is 5.75 Å². The number of hydrogen-bond acceptors (Lipinski definition) is 4. The third kappa shape index (κ3) is 6.15. The molecular weight excluding hydrogens is 336 g/mol. The number of anilines is 1. The molecular formula is C19H22N2O3S. The van der Waals surface area contributed by atoms with Crippen molar-refractivity contribution >= 4 is 29.3 Å². The van der Waals surface area contributed by atoms with E-state index in [1.807, 2.05) is 31.2 Å². The highest BCUT2D eigenvalue weighted by Gasteiger charge is 2.08. The van der Waals surface area contributed by atoms with Crippen LogP contribution in [0.1, 0.15) is 5.56 Å². The summed E-state index contributed by atoms with van der Waals surface area (Å²) in [6.45, 7) is 1.99. The molecule has 0 saturated heterocycles. The number of carbonyl (C=O) groups excluding carboxylic acids is 2. The first-order valence-corrected chi connectivity index (χ1v) is 8.85. The Morgan fingerprint density at radius 2 is 1.88 bits per heavy atom. The predicted octanol–water partition coefficient (Wildman–Crippen LogP) is 3.19. The van der Waals surface area contributed by atoms with Gasteiger partial charge in [-0.15, -0.1) is 11.8 Å². The topological polar surface area (TPSA) is 58.6 Å². The molecule has 0 unspecified atom stereocenters. The number of benzene rings is 2. The van der Waals surface area contributed by atoms with Crippen LogP contribution in [-0.4, -0.2) is 43.2 Å². The molecule has 0 aromatic heterocycles. The minimum Gasteiger partial charge on any atom is -0.484 e. The number of thioether (sulfide) groups is 1. The summed E-state index contributed by atoms with van der Waals surface area (Å²) in [7, 11) is 3.35. The highest BCUT2D eigenvalue weighted by molar-refractivity contribution is 8.00.